The number of aliphatic hydroxyl groups is 1. The Bertz CT molecular complexity index is 439. The Morgan fingerprint density at radius 2 is 2.11 bits per heavy atom. The normalized spacial score (nSPS) is 23.3. The van der Waals surface area contributed by atoms with Crippen LogP contribution in [0.25, 0.3) is 0 Å². The van der Waals surface area contributed by atoms with Crippen molar-refractivity contribution in [2.45, 2.75) is 19.4 Å². The lowest BCUT2D eigenvalue weighted by Crippen LogP contribution is -2.44. The third kappa shape index (κ3) is 3.02. The minimum absolute atomic E-state index is 0.304. The van der Waals surface area contributed by atoms with Crippen LogP contribution in [-0.4, -0.2) is 53.3 Å². The molecule has 8 nitrogen and oxygen atoms in total. The topological polar surface area (TPSA) is 103 Å². The van der Waals surface area contributed by atoms with E-state index in [4.69, 9.17) is 5.84 Å². The summed E-state index contributed by atoms with van der Waals surface area (Å²) in [5.41, 5.74) is 2.44. The van der Waals surface area contributed by atoms with Gasteiger partial charge in [-0.2, -0.15) is 15.0 Å². The minimum Gasteiger partial charge on any atom is -0.391 e. The van der Waals surface area contributed by atoms with Gasteiger partial charge in [-0.1, -0.05) is 6.92 Å². The number of piperidine rings is 1. The first-order valence-corrected chi connectivity index (χ1v) is 6.34. The highest BCUT2D eigenvalue weighted by atomic mass is 16.3. The van der Waals surface area contributed by atoms with Gasteiger partial charge in [0.2, 0.25) is 17.8 Å². The molecule has 0 spiro atoms. The summed E-state index contributed by atoms with van der Waals surface area (Å²) < 4.78 is 0. The van der Waals surface area contributed by atoms with Gasteiger partial charge in [0.1, 0.15) is 0 Å². The maximum absolute atomic E-state index is 9.95. The zero-order valence-corrected chi connectivity index (χ0v) is 11.5. The monoisotopic (exact) mass is 267 g/mol. The summed E-state index contributed by atoms with van der Waals surface area (Å²) in [5.74, 6) is 7.08. The molecule has 2 heterocycles. The van der Waals surface area contributed by atoms with Crippen LogP contribution in [0.4, 0.5) is 17.8 Å². The van der Waals surface area contributed by atoms with E-state index in [9.17, 15) is 5.11 Å². The second kappa shape index (κ2) is 5.54. The highest BCUT2D eigenvalue weighted by Gasteiger charge is 2.26. The van der Waals surface area contributed by atoms with Crippen molar-refractivity contribution in [3.05, 3.63) is 0 Å². The van der Waals surface area contributed by atoms with Crippen molar-refractivity contribution in [2.75, 3.05) is 42.4 Å². The molecule has 1 aliphatic rings. The molecular weight excluding hydrogens is 246 g/mol. The Kier molecular flexibility index (Phi) is 4.01. The number of hydrogen-bond donors (Lipinski definition) is 3. The Morgan fingerprint density at radius 1 is 1.37 bits per heavy atom. The third-order valence-corrected chi connectivity index (χ3v) is 3.34. The van der Waals surface area contributed by atoms with Crippen molar-refractivity contribution < 1.29 is 5.11 Å². The fraction of sp³-hybridized carbons (Fsp3) is 0.727. The largest absolute Gasteiger partial charge is 0.391 e. The number of nitrogens with one attached hydrogen (secondary N) is 1. The van der Waals surface area contributed by atoms with Crippen LogP contribution in [-0.2, 0) is 0 Å². The smallest absolute Gasteiger partial charge is 0.243 e. The van der Waals surface area contributed by atoms with Crippen molar-refractivity contribution in [1.29, 1.82) is 0 Å². The molecule has 1 aromatic rings. The van der Waals surface area contributed by atoms with Crippen LogP contribution in [0.1, 0.15) is 13.3 Å². The molecule has 106 valence electrons. The van der Waals surface area contributed by atoms with Gasteiger partial charge in [0.25, 0.3) is 0 Å². The van der Waals surface area contributed by atoms with E-state index in [-0.39, 0.29) is 6.10 Å². The molecular formula is C11H21N7O. The zero-order valence-electron chi connectivity index (χ0n) is 11.5. The van der Waals surface area contributed by atoms with E-state index in [0.717, 1.165) is 13.0 Å². The Labute approximate surface area is 112 Å². The summed E-state index contributed by atoms with van der Waals surface area (Å²) >= 11 is 0. The van der Waals surface area contributed by atoms with E-state index >= 15 is 0 Å². The maximum Gasteiger partial charge on any atom is 0.243 e. The van der Waals surface area contributed by atoms with Gasteiger partial charge < -0.3 is 14.9 Å². The van der Waals surface area contributed by atoms with Gasteiger partial charge in [-0.05, 0) is 12.3 Å². The molecule has 2 atom stereocenters. The third-order valence-electron chi connectivity index (χ3n) is 3.34. The van der Waals surface area contributed by atoms with Crippen molar-refractivity contribution in [3.8, 4) is 0 Å². The van der Waals surface area contributed by atoms with Crippen LogP contribution in [0, 0.1) is 5.92 Å². The summed E-state index contributed by atoms with van der Waals surface area (Å²) in [7, 11) is 3.71. The van der Waals surface area contributed by atoms with Crippen LogP contribution < -0.4 is 21.1 Å². The van der Waals surface area contributed by atoms with Gasteiger partial charge in [0.15, 0.2) is 0 Å². The lowest BCUT2D eigenvalue weighted by atomic mass is 9.96. The standard InChI is InChI=1S/C11H21N7O/c1-7-4-5-18(6-8(7)19)11-14-9(16-12)13-10(15-11)17(2)3/h7-8,19H,4-6,12H2,1-3H3,(H,13,14,15,16). The number of nitrogen functional groups attached to an aromatic ring is 1. The maximum atomic E-state index is 9.95. The average molecular weight is 267 g/mol. The number of hydrazine groups is 1. The molecule has 0 radical (unpaired) electrons. The Morgan fingerprint density at radius 3 is 2.68 bits per heavy atom. The number of aromatic nitrogens is 3. The first kappa shape index (κ1) is 13.8. The molecule has 1 aliphatic heterocycles. The van der Waals surface area contributed by atoms with Crippen LogP contribution in [0.3, 0.4) is 0 Å². The van der Waals surface area contributed by atoms with E-state index in [0.29, 0.717) is 30.3 Å². The molecule has 1 saturated heterocycles. The summed E-state index contributed by atoms with van der Waals surface area (Å²) in [4.78, 5) is 16.5. The molecule has 1 aromatic heterocycles. The summed E-state index contributed by atoms with van der Waals surface area (Å²) in [5, 5.41) is 9.95. The minimum atomic E-state index is -0.359. The van der Waals surface area contributed by atoms with Gasteiger partial charge in [-0.25, -0.2) is 5.84 Å². The van der Waals surface area contributed by atoms with Gasteiger partial charge in [-0.15, -0.1) is 0 Å². The fourth-order valence-electron chi connectivity index (χ4n) is 1.99. The van der Waals surface area contributed by atoms with Gasteiger partial charge in [0.05, 0.1) is 6.10 Å². The summed E-state index contributed by atoms with van der Waals surface area (Å²) in [6, 6.07) is 0. The molecule has 2 rings (SSSR count). The van der Waals surface area contributed by atoms with Crippen molar-refractivity contribution >= 4 is 17.8 Å². The molecule has 4 N–H and O–H groups in total. The van der Waals surface area contributed by atoms with Crippen LogP contribution >= 0.6 is 0 Å². The van der Waals surface area contributed by atoms with Crippen LogP contribution in [0.2, 0.25) is 0 Å². The number of nitrogens with two attached hydrogens (primary N) is 1. The lowest BCUT2D eigenvalue weighted by molar-refractivity contribution is 0.102. The van der Waals surface area contributed by atoms with E-state index < -0.39 is 0 Å². The van der Waals surface area contributed by atoms with Crippen LogP contribution in [0.5, 0.6) is 0 Å². The van der Waals surface area contributed by atoms with E-state index in [1.54, 1.807) is 4.90 Å². The molecule has 0 aromatic carbocycles. The quantitative estimate of drug-likeness (QED) is 0.494. The highest BCUT2D eigenvalue weighted by Crippen LogP contribution is 2.22. The zero-order chi connectivity index (χ0) is 14.0. The van der Waals surface area contributed by atoms with Crippen molar-refractivity contribution in [1.82, 2.24) is 15.0 Å². The van der Waals surface area contributed by atoms with Crippen molar-refractivity contribution in [3.63, 3.8) is 0 Å². The molecule has 8 heteroatoms. The number of rotatable bonds is 3. The van der Waals surface area contributed by atoms with Crippen LogP contribution in [0.15, 0.2) is 0 Å². The molecule has 0 amide bonds. The first-order valence-electron chi connectivity index (χ1n) is 6.34. The SMILES string of the molecule is CC1CCN(c2nc(NN)nc(N(C)C)n2)CC1O. The summed E-state index contributed by atoms with van der Waals surface area (Å²) in [6.45, 7) is 3.40. The first-order chi connectivity index (χ1) is 9.01. The Balaban J connectivity index is 2.26. The molecule has 0 saturated carbocycles. The van der Waals surface area contributed by atoms with Gasteiger partial charge >= 0.3 is 0 Å². The van der Waals surface area contributed by atoms with E-state index in [1.807, 2.05) is 25.9 Å². The second-order valence-corrected chi connectivity index (χ2v) is 5.08. The van der Waals surface area contributed by atoms with E-state index in [2.05, 4.69) is 20.4 Å². The molecule has 0 bridgehead atoms. The highest BCUT2D eigenvalue weighted by molar-refractivity contribution is 5.44. The lowest BCUT2D eigenvalue weighted by Gasteiger charge is -2.34. The number of β-amino-alcohol motifs (C(OH)–C–C–N with tert-alkyl or cyclic N) is 1. The Hall–Kier alpha value is -1.67. The number of hydrogen-bond acceptors (Lipinski definition) is 8. The molecule has 19 heavy (non-hydrogen) atoms. The number of anilines is 3. The van der Waals surface area contributed by atoms with E-state index in [1.165, 1.54) is 0 Å². The fourth-order valence-corrected chi connectivity index (χ4v) is 1.99. The van der Waals surface area contributed by atoms with Gasteiger partial charge in [0, 0.05) is 27.2 Å². The number of aliphatic hydroxyl groups excluding tert-OH is 1. The predicted molar refractivity (Wildman–Crippen MR) is 74.0 cm³/mol. The predicted octanol–water partition coefficient (Wildman–Crippen LogP) is -0.570. The van der Waals surface area contributed by atoms with Gasteiger partial charge in [-0.3, -0.25) is 5.43 Å². The molecule has 1 fully saturated rings. The average Bonchev–Trinajstić information content (AvgIpc) is 2.41. The summed E-state index contributed by atoms with van der Waals surface area (Å²) in [6.07, 6.45) is 0.554. The molecule has 2 unspecified atom stereocenters. The van der Waals surface area contributed by atoms with Crippen molar-refractivity contribution in [2.24, 2.45) is 11.8 Å². The molecule has 0 aliphatic carbocycles. The number of nitrogens with zero attached hydrogens (tertiary/aromatic N) is 5. The second-order valence-electron chi connectivity index (χ2n) is 5.08.